The Labute approximate surface area is 95.3 Å². The van der Waals surface area contributed by atoms with Gasteiger partial charge in [0.1, 0.15) is 0 Å². The zero-order valence-corrected chi connectivity index (χ0v) is 9.37. The van der Waals surface area contributed by atoms with Crippen LogP contribution in [0, 0.1) is 0 Å². The van der Waals surface area contributed by atoms with Gasteiger partial charge < -0.3 is 15.0 Å². The first-order valence-corrected chi connectivity index (χ1v) is 5.42. The summed E-state index contributed by atoms with van der Waals surface area (Å²) >= 11 is 1.53. The summed E-state index contributed by atoms with van der Waals surface area (Å²) in [5, 5.41) is 3.02. The van der Waals surface area contributed by atoms with Crippen molar-refractivity contribution in [3.63, 3.8) is 0 Å². The molecule has 2 rings (SSSR count). The molecule has 0 aromatic carbocycles. The first-order valence-electron chi connectivity index (χ1n) is 4.54. The summed E-state index contributed by atoms with van der Waals surface area (Å²) in [6.45, 7) is 0.567. The molecule has 6 nitrogen and oxygen atoms in total. The number of hydrogen-bond donors (Lipinski definition) is 2. The lowest BCUT2D eigenvalue weighted by molar-refractivity contribution is 0.408. The fraction of sp³-hybridized carbons (Fsp3) is 0.222. The molecule has 2 heterocycles. The van der Waals surface area contributed by atoms with E-state index in [-0.39, 0.29) is 11.3 Å². The van der Waals surface area contributed by atoms with Gasteiger partial charge in [-0.05, 0) is 0 Å². The molecule has 0 atom stereocenters. The number of rotatable bonds is 4. The predicted molar refractivity (Wildman–Crippen MR) is 60.9 cm³/mol. The maximum absolute atomic E-state index is 11.4. The molecule has 2 aromatic heterocycles. The first kappa shape index (κ1) is 10.6. The molecule has 0 bridgehead atoms. The number of aromatic nitrogens is 3. The normalized spacial score (nSPS) is 10.1. The second kappa shape index (κ2) is 4.75. The molecule has 0 radical (unpaired) electrons. The number of anilines is 1. The molecule has 0 spiro atoms. The van der Waals surface area contributed by atoms with E-state index in [1.54, 1.807) is 11.7 Å². The average Bonchev–Trinajstić information content (AvgIpc) is 2.79. The van der Waals surface area contributed by atoms with Crippen LogP contribution in [-0.4, -0.2) is 22.1 Å². The largest absolute Gasteiger partial charge is 0.489 e. The molecule has 2 N–H and O–H groups in total. The van der Waals surface area contributed by atoms with Gasteiger partial charge >= 0.3 is 0 Å². The molecular weight excluding hydrogens is 228 g/mol. The van der Waals surface area contributed by atoms with Gasteiger partial charge in [-0.15, -0.1) is 11.3 Å². The summed E-state index contributed by atoms with van der Waals surface area (Å²) in [5.74, 6) is 0.617. The summed E-state index contributed by atoms with van der Waals surface area (Å²) in [7, 11) is 1.43. The van der Waals surface area contributed by atoms with Crippen molar-refractivity contribution >= 4 is 17.2 Å². The SMILES string of the molecule is COc1c(NCc2cncs2)nc[nH]c1=O. The molecule has 0 aliphatic carbocycles. The zero-order chi connectivity index (χ0) is 11.4. The smallest absolute Gasteiger partial charge is 0.295 e. The van der Waals surface area contributed by atoms with Crippen LogP contribution in [-0.2, 0) is 6.54 Å². The number of nitrogens with zero attached hydrogens (tertiary/aromatic N) is 2. The molecule has 0 fully saturated rings. The van der Waals surface area contributed by atoms with Gasteiger partial charge in [-0.3, -0.25) is 9.78 Å². The van der Waals surface area contributed by atoms with E-state index in [1.807, 2.05) is 0 Å². The Morgan fingerprint density at radius 2 is 2.50 bits per heavy atom. The van der Waals surface area contributed by atoms with Crippen molar-refractivity contribution in [2.45, 2.75) is 6.54 Å². The van der Waals surface area contributed by atoms with Crippen LogP contribution >= 0.6 is 11.3 Å². The van der Waals surface area contributed by atoms with Crippen molar-refractivity contribution < 1.29 is 4.74 Å². The van der Waals surface area contributed by atoms with E-state index in [0.717, 1.165) is 4.88 Å². The Kier molecular flexibility index (Phi) is 3.16. The highest BCUT2D eigenvalue weighted by Gasteiger charge is 2.08. The van der Waals surface area contributed by atoms with Crippen LogP contribution in [0.4, 0.5) is 5.82 Å². The van der Waals surface area contributed by atoms with Gasteiger partial charge in [-0.25, -0.2) is 4.98 Å². The highest BCUT2D eigenvalue weighted by atomic mass is 32.1. The van der Waals surface area contributed by atoms with Crippen LogP contribution in [0.5, 0.6) is 5.75 Å². The van der Waals surface area contributed by atoms with Gasteiger partial charge in [-0.1, -0.05) is 0 Å². The average molecular weight is 238 g/mol. The van der Waals surface area contributed by atoms with Crippen molar-refractivity contribution in [2.24, 2.45) is 0 Å². The van der Waals surface area contributed by atoms with Crippen LogP contribution in [0.2, 0.25) is 0 Å². The van der Waals surface area contributed by atoms with E-state index in [0.29, 0.717) is 12.4 Å². The highest BCUT2D eigenvalue weighted by Crippen LogP contribution is 2.16. The number of thiazole rings is 1. The van der Waals surface area contributed by atoms with Gasteiger partial charge in [-0.2, -0.15) is 0 Å². The fourth-order valence-corrected chi connectivity index (χ4v) is 1.74. The van der Waals surface area contributed by atoms with Crippen LogP contribution in [0.15, 0.2) is 22.8 Å². The zero-order valence-electron chi connectivity index (χ0n) is 8.56. The van der Waals surface area contributed by atoms with Crippen LogP contribution in [0.1, 0.15) is 4.88 Å². The standard InChI is InChI=1S/C9H10N4O2S/c1-15-7-8(12-4-13-9(7)14)11-3-6-2-10-5-16-6/h2,4-5H,3H2,1H3,(H2,11,12,13,14). The summed E-state index contributed by atoms with van der Waals surface area (Å²) < 4.78 is 4.97. The van der Waals surface area contributed by atoms with E-state index >= 15 is 0 Å². The second-order valence-corrected chi connectivity index (χ2v) is 3.91. The number of methoxy groups -OCH3 is 1. The summed E-state index contributed by atoms with van der Waals surface area (Å²) in [4.78, 5) is 22.8. The first-order chi connectivity index (χ1) is 7.81. The molecule has 7 heteroatoms. The van der Waals surface area contributed by atoms with E-state index in [2.05, 4.69) is 20.3 Å². The van der Waals surface area contributed by atoms with Crippen LogP contribution < -0.4 is 15.6 Å². The monoisotopic (exact) mass is 238 g/mol. The second-order valence-electron chi connectivity index (χ2n) is 2.93. The lowest BCUT2D eigenvalue weighted by Gasteiger charge is -2.07. The molecule has 16 heavy (non-hydrogen) atoms. The summed E-state index contributed by atoms with van der Waals surface area (Å²) in [5.41, 5.74) is 1.45. The molecule has 84 valence electrons. The molecule has 2 aromatic rings. The summed E-state index contributed by atoms with van der Waals surface area (Å²) in [6.07, 6.45) is 3.09. The quantitative estimate of drug-likeness (QED) is 0.825. The summed E-state index contributed by atoms with van der Waals surface area (Å²) in [6, 6.07) is 0. The maximum Gasteiger partial charge on any atom is 0.295 e. The molecular formula is C9H10N4O2S. The maximum atomic E-state index is 11.4. The third-order valence-corrected chi connectivity index (χ3v) is 2.71. The molecule has 0 saturated heterocycles. The van der Waals surface area contributed by atoms with Crippen molar-refractivity contribution in [1.29, 1.82) is 0 Å². The number of ether oxygens (including phenoxy) is 1. The Morgan fingerprint density at radius 1 is 1.62 bits per heavy atom. The number of hydrogen-bond acceptors (Lipinski definition) is 6. The van der Waals surface area contributed by atoms with E-state index < -0.39 is 0 Å². The van der Waals surface area contributed by atoms with Crippen molar-refractivity contribution in [3.8, 4) is 5.75 Å². The fourth-order valence-electron chi connectivity index (χ4n) is 1.20. The third kappa shape index (κ3) is 2.19. The lowest BCUT2D eigenvalue weighted by Crippen LogP contribution is -2.13. The van der Waals surface area contributed by atoms with E-state index in [1.165, 1.54) is 24.8 Å². The van der Waals surface area contributed by atoms with E-state index in [4.69, 9.17) is 4.74 Å². The molecule has 0 aliphatic heterocycles. The highest BCUT2D eigenvalue weighted by molar-refractivity contribution is 7.09. The number of H-pyrrole nitrogens is 1. The Bertz CT molecular complexity index is 508. The van der Waals surface area contributed by atoms with Crippen LogP contribution in [0.3, 0.4) is 0 Å². The van der Waals surface area contributed by atoms with Crippen LogP contribution in [0.25, 0.3) is 0 Å². The Balaban J connectivity index is 2.15. The van der Waals surface area contributed by atoms with Gasteiger partial charge in [0.25, 0.3) is 5.56 Å². The third-order valence-electron chi connectivity index (χ3n) is 1.93. The van der Waals surface area contributed by atoms with Crippen molar-refractivity contribution in [2.75, 3.05) is 12.4 Å². The lowest BCUT2D eigenvalue weighted by atomic mass is 10.4. The minimum atomic E-state index is -0.302. The predicted octanol–water partition coefficient (Wildman–Crippen LogP) is 0.847. The number of nitrogens with one attached hydrogen (secondary N) is 2. The topological polar surface area (TPSA) is 79.9 Å². The van der Waals surface area contributed by atoms with E-state index in [9.17, 15) is 4.79 Å². The molecule has 0 amide bonds. The van der Waals surface area contributed by atoms with Gasteiger partial charge in [0.05, 0.1) is 25.5 Å². The Morgan fingerprint density at radius 3 is 3.19 bits per heavy atom. The van der Waals surface area contributed by atoms with Crippen molar-refractivity contribution in [3.05, 3.63) is 33.3 Å². The van der Waals surface area contributed by atoms with Crippen molar-refractivity contribution in [1.82, 2.24) is 15.0 Å². The van der Waals surface area contributed by atoms with Gasteiger partial charge in [0, 0.05) is 11.1 Å². The van der Waals surface area contributed by atoms with Gasteiger partial charge in [0.15, 0.2) is 5.82 Å². The minimum Gasteiger partial charge on any atom is -0.489 e. The molecule has 0 aliphatic rings. The van der Waals surface area contributed by atoms with Gasteiger partial charge in [0.2, 0.25) is 5.75 Å². The molecule has 0 saturated carbocycles. The Hall–Kier alpha value is -1.89. The molecule has 0 unspecified atom stereocenters. The minimum absolute atomic E-state index is 0.187. The number of aromatic amines is 1.